The second-order valence-corrected chi connectivity index (χ2v) is 10.0. The summed E-state index contributed by atoms with van der Waals surface area (Å²) in [6.45, 7) is 3.49. The molecule has 4 amide bonds. The second kappa shape index (κ2) is 10.1. The third-order valence-electron chi connectivity index (χ3n) is 6.61. The molecule has 4 aromatic rings. The van der Waals surface area contributed by atoms with Crippen molar-refractivity contribution in [3.05, 3.63) is 72.5 Å². The number of ether oxygens (including phenoxy) is 1. The first kappa shape index (κ1) is 24.5. The van der Waals surface area contributed by atoms with Crippen LogP contribution < -0.4 is 25.6 Å². The average Bonchev–Trinajstić information content (AvgIpc) is 3.54. The number of benzene rings is 1. The number of aromatic nitrogens is 3. The molecule has 2 aliphatic rings. The van der Waals surface area contributed by atoms with E-state index in [0.717, 1.165) is 19.3 Å². The van der Waals surface area contributed by atoms with Gasteiger partial charge in [0.05, 0.1) is 29.2 Å². The summed E-state index contributed by atoms with van der Waals surface area (Å²) in [5.74, 6) is 0.579. The van der Waals surface area contributed by atoms with E-state index in [4.69, 9.17) is 4.74 Å². The Morgan fingerprint density at radius 2 is 1.87 bits per heavy atom. The zero-order valence-corrected chi connectivity index (χ0v) is 21.4. The van der Waals surface area contributed by atoms with E-state index in [-0.39, 0.29) is 35.6 Å². The summed E-state index contributed by atoms with van der Waals surface area (Å²) in [6, 6.07) is 10.0. The normalized spacial score (nSPS) is 17.9. The van der Waals surface area contributed by atoms with Gasteiger partial charge in [0, 0.05) is 18.3 Å². The molecule has 39 heavy (non-hydrogen) atoms. The summed E-state index contributed by atoms with van der Waals surface area (Å²) >= 11 is 1.19. The topological polar surface area (TPSA) is 138 Å². The van der Waals surface area contributed by atoms with Gasteiger partial charge in [0.15, 0.2) is 5.82 Å². The predicted octanol–water partition coefficient (Wildman–Crippen LogP) is 4.52. The summed E-state index contributed by atoms with van der Waals surface area (Å²) in [7, 11) is 0. The van der Waals surface area contributed by atoms with Crippen molar-refractivity contribution < 1.29 is 19.1 Å². The minimum absolute atomic E-state index is 0.184. The summed E-state index contributed by atoms with van der Waals surface area (Å²) in [4.78, 5) is 53.9. The number of hydrogen-bond acceptors (Lipinski definition) is 8. The van der Waals surface area contributed by atoms with Crippen molar-refractivity contribution in [3.63, 3.8) is 0 Å². The van der Waals surface area contributed by atoms with Crippen molar-refractivity contribution >= 4 is 56.6 Å². The number of thiophene rings is 1. The quantitative estimate of drug-likeness (QED) is 0.293. The van der Waals surface area contributed by atoms with Crippen LogP contribution in [0.4, 0.5) is 22.0 Å². The third-order valence-corrected chi connectivity index (χ3v) is 7.70. The van der Waals surface area contributed by atoms with Crippen molar-refractivity contribution in [2.75, 3.05) is 10.2 Å². The van der Waals surface area contributed by atoms with Gasteiger partial charge in [-0.05, 0) is 43.5 Å². The van der Waals surface area contributed by atoms with E-state index < -0.39 is 6.03 Å². The van der Waals surface area contributed by atoms with E-state index in [0.29, 0.717) is 32.2 Å². The van der Waals surface area contributed by atoms with Gasteiger partial charge in [-0.1, -0.05) is 24.8 Å². The SMILES string of the molecule is C=CC(=O)NC1CCCC1NC(=O)c1sc2nccc3c2c1NC(=O)N3c1cnc(Oc2ccccc2)cn1. The summed E-state index contributed by atoms with van der Waals surface area (Å²) in [5.41, 5.74) is 0.940. The molecule has 4 heterocycles. The molecule has 0 radical (unpaired) electrons. The van der Waals surface area contributed by atoms with Crippen molar-refractivity contribution in [1.82, 2.24) is 25.6 Å². The molecule has 2 unspecified atom stereocenters. The Morgan fingerprint density at radius 1 is 1.08 bits per heavy atom. The molecule has 196 valence electrons. The first-order valence-corrected chi connectivity index (χ1v) is 13.1. The van der Waals surface area contributed by atoms with Gasteiger partial charge < -0.3 is 20.7 Å². The fraction of sp³-hybridized carbons (Fsp3) is 0.185. The van der Waals surface area contributed by atoms with E-state index in [2.05, 4.69) is 37.5 Å². The minimum atomic E-state index is -0.481. The van der Waals surface area contributed by atoms with Crippen LogP contribution >= 0.6 is 11.3 Å². The van der Waals surface area contributed by atoms with Gasteiger partial charge in [-0.15, -0.1) is 11.3 Å². The molecule has 2 atom stereocenters. The summed E-state index contributed by atoms with van der Waals surface area (Å²) in [5, 5.41) is 9.40. The number of rotatable bonds is 7. The fourth-order valence-electron chi connectivity index (χ4n) is 4.84. The lowest BCUT2D eigenvalue weighted by molar-refractivity contribution is -0.117. The molecule has 1 fully saturated rings. The first-order valence-electron chi connectivity index (χ1n) is 12.3. The Morgan fingerprint density at radius 3 is 2.62 bits per heavy atom. The van der Waals surface area contributed by atoms with E-state index >= 15 is 0 Å². The highest BCUT2D eigenvalue weighted by atomic mass is 32.1. The third kappa shape index (κ3) is 4.66. The van der Waals surface area contributed by atoms with Gasteiger partial charge in [0.2, 0.25) is 11.8 Å². The lowest BCUT2D eigenvalue weighted by Crippen LogP contribution is -2.48. The summed E-state index contributed by atoms with van der Waals surface area (Å²) < 4.78 is 5.71. The van der Waals surface area contributed by atoms with E-state index in [9.17, 15) is 14.4 Å². The number of nitrogens with zero attached hydrogens (tertiary/aromatic N) is 4. The molecule has 3 N–H and O–H groups in total. The molecule has 0 spiro atoms. The van der Waals surface area contributed by atoms with Gasteiger partial charge >= 0.3 is 6.03 Å². The number of hydrogen-bond donors (Lipinski definition) is 3. The minimum Gasteiger partial charge on any atom is -0.438 e. The van der Waals surface area contributed by atoms with Crippen molar-refractivity contribution in [1.29, 1.82) is 0 Å². The van der Waals surface area contributed by atoms with Gasteiger partial charge in [-0.25, -0.2) is 24.6 Å². The highest BCUT2D eigenvalue weighted by molar-refractivity contribution is 7.21. The van der Waals surface area contributed by atoms with Crippen LogP contribution in [0.25, 0.3) is 10.2 Å². The Balaban J connectivity index is 1.27. The number of amides is 4. The van der Waals surface area contributed by atoms with Gasteiger partial charge in [0.25, 0.3) is 5.91 Å². The van der Waals surface area contributed by atoms with Crippen LogP contribution in [0.1, 0.15) is 28.9 Å². The highest BCUT2D eigenvalue weighted by Crippen LogP contribution is 2.45. The molecule has 1 aliphatic carbocycles. The number of anilines is 3. The smallest absolute Gasteiger partial charge is 0.332 e. The largest absolute Gasteiger partial charge is 0.438 e. The molecule has 1 aromatic carbocycles. The number of carbonyl (C=O) groups excluding carboxylic acids is 3. The van der Waals surface area contributed by atoms with Crippen LogP contribution in [0.5, 0.6) is 11.6 Å². The molecule has 6 rings (SSSR count). The molecule has 0 bridgehead atoms. The zero-order valence-electron chi connectivity index (χ0n) is 20.6. The maximum absolute atomic E-state index is 13.4. The molecular formula is C27H23N7O4S. The Hall–Kier alpha value is -4.84. The van der Waals surface area contributed by atoms with Gasteiger partial charge in [-0.3, -0.25) is 9.59 Å². The lowest BCUT2D eigenvalue weighted by Gasteiger charge is -2.27. The zero-order chi connectivity index (χ0) is 26.9. The van der Waals surface area contributed by atoms with Crippen molar-refractivity contribution in [3.8, 4) is 11.6 Å². The summed E-state index contributed by atoms with van der Waals surface area (Å²) in [6.07, 6.45) is 8.07. The molecule has 3 aromatic heterocycles. The number of para-hydroxylation sites is 1. The molecule has 0 saturated heterocycles. The van der Waals surface area contributed by atoms with Crippen LogP contribution in [0, 0.1) is 0 Å². The Labute approximate surface area is 226 Å². The average molecular weight is 542 g/mol. The van der Waals surface area contributed by atoms with E-state index in [1.165, 1.54) is 34.7 Å². The second-order valence-electron chi connectivity index (χ2n) is 9.04. The molecule has 11 nitrogen and oxygen atoms in total. The highest BCUT2D eigenvalue weighted by Gasteiger charge is 2.35. The van der Waals surface area contributed by atoms with Crippen LogP contribution in [-0.4, -0.2) is 44.9 Å². The Kier molecular flexibility index (Phi) is 6.37. The van der Waals surface area contributed by atoms with Crippen LogP contribution in [-0.2, 0) is 4.79 Å². The van der Waals surface area contributed by atoms with Crippen molar-refractivity contribution in [2.24, 2.45) is 0 Å². The molecular weight excluding hydrogens is 518 g/mol. The molecule has 12 heteroatoms. The van der Waals surface area contributed by atoms with Crippen molar-refractivity contribution in [2.45, 2.75) is 31.3 Å². The maximum Gasteiger partial charge on any atom is 0.332 e. The van der Waals surface area contributed by atoms with Gasteiger partial charge in [-0.2, -0.15) is 0 Å². The van der Waals surface area contributed by atoms with Crippen LogP contribution in [0.3, 0.4) is 0 Å². The number of nitrogens with one attached hydrogen (secondary N) is 3. The van der Waals surface area contributed by atoms with E-state index in [1.807, 2.05) is 18.2 Å². The fourth-order valence-corrected chi connectivity index (χ4v) is 5.86. The van der Waals surface area contributed by atoms with Gasteiger partial charge in [0.1, 0.15) is 15.5 Å². The molecule has 1 saturated carbocycles. The lowest BCUT2D eigenvalue weighted by atomic mass is 10.1. The number of carbonyl (C=O) groups is 3. The predicted molar refractivity (Wildman–Crippen MR) is 147 cm³/mol. The maximum atomic E-state index is 13.4. The first-order chi connectivity index (χ1) is 19.0. The standard InChI is InChI=1S/C27H23N7O4S/c1-2-20(35)31-16-9-6-10-17(16)32-25(36)24-23-22-18(11-12-28-26(22)39-24)34(27(37)33-23)19-13-30-21(14-29-19)38-15-7-4-3-5-8-15/h2-5,7-8,11-14,16-17H,1,6,9-10H2,(H,31,35)(H,32,36)(H,33,37). The van der Waals surface area contributed by atoms with Crippen LogP contribution in [0.2, 0.25) is 0 Å². The monoisotopic (exact) mass is 541 g/mol. The van der Waals surface area contributed by atoms with Crippen LogP contribution in [0.15, 0.2) is 67.6 Å². The van der Waals surface area contributed by atoms with E-state index in [1.54, 1.807) is 24.4 Å². The Bertz CT molecular complexity index is 1590. The molecule has 1 aliphatic heterocycles. The number of urea groups is 1. The number of pyridine rings is 1.